The van der Waals surface area contributed by atoms with E-state index in [2.05, 4.69) is 51.9 Å². The van der Waals surface area contributed by atoms with Crippen molar-refractivity contribution in [2.45, 2.75) is 58.5 Å². The van der Waals surface area contributed by atoms with Gasteiger partial charge in [0.25, 0.3) is 0 Å². The number of halogens is 3. The lowest BCUT2D eigenvalue weighted by Crippen LogP contribution is -2.30. The Morgan fingerprint density at radius 3 is 1.48 bits per heavy atom. The summed E-state index contributed by atoms with van der Waals surface area (Å²) in [6.07, 6.45) is -4.58. The molecule has 2 aromatic carbocycles. The number of aliphatic imine (C=N–C) groups is 1. The minimum absolute atomic E-state index is 0.0612. The molecule has 0 radical (unpaired) electrons. The fourth-order valence-electron chi connectivity index (χ4n) is 2.52. The zero-order valence-electron chi connectivity index (χ0n) is 16.7. The molecule has 5 heteroatoms. The number of rotatable bonds is 2. The van der Waals surface area contributed by atoms with Gasteiger partial charge in [-0.15, -0.1) is 0 Å². The molecule has 0 saturated heterocycles. The van der Waals surface area contributed by atoms with Gasteiger partial charge in [-0.2, -0.15) is 13.2 Å². The number of anilines is 1. The van der Waals surface area contributed by atoms with Crippen LogP contribution in [0.15, 0.2) is 53.5 Å². The molecule has 0 aliphatic heterocycles. The van der Waals surface area contributed by atoms with Crippen LogP contribution in [0.2, 0.25) is 0 Å². The Hall–Kier alpha value is -2.30. The van der Waals surface area contributed by atoms with Gasteiger partial charge in [-0.1, -0.05) is 65.8 Å². The molecule has 0 amide bonds. The second-order valence-electron chi connectivity index (χ2n) is 8.71. The van der Waals surface area contributed by atoms with E-state index in [-0.39, 0.29) is 16.5 Å². The van der Waals surface area contributed by atoms with Gasteiger partial charge in [-0.25, -0.2) is 4.99 Å². The molecule has 0 aliphatic carbocycles. The van der Waals surface area contributed by atoms with Crippen molar-refractivity contribution in [1.82, 2.24) is 0 Å². The molecule has 0 aromatic heterocycles. The standard InChI is InChI=1S/C22H27F3N2/c1-20(2,3)15-7-11-17(12-8-15)26-19(22(23,24)25)27-18-13-9-16(10-14-18)21(4,5)6/h7-14H,1-6H3,(H,26,27). The second-order valence-corrected chi connectivity index (χ2v) is 8.71. The molecule has 0 heterocycles. The van der Waals surface area contributed by atoms with Gasteiger partial charge in [-0.05, 0) is 46.2 Å². The van der Waals surface area contributed by atoms with E-state index in [0.717, 1.165) is 11.1 Å². The summed E-state index contributed by atoms with van der Waals surface area (Å²) in [5, 5.41) is 2.42. The molecule has 0 aliphatic rings. The summed E-state index contributed by atoms with van der Waals surface area (Å²) in [5.41, 5.74) is 2.58. The van der Waals surface area contributed by atoms with Crippen LogP contribution in [-0.4, -0.2) is 12.0 Å². The second kappa shape index (κ2) is 7.37. The highest BCUT2D eigenvalue weighted by atomic mass is 19.4. The third-order valence-corrected chi connectivity index (χ3v) is 4.26. The van der Waals surface area contributed by atoms with E-state index in [4.69, 9.17) is 0 Å². The fourth-order valence-corrected chi connectivity index (χ4v) is 2.52. The van der Waals surface area contributed by atoms with Crippen molar-refractivity contribution in [2.75, 3.05) is 5.32 Å². The molecule has 27 heavy (non-hydrogen) atoms. The van der Waals surface area contributed by atoms with Gasteiger partial charge in [0, 0.05) is 5.69 Å². The molecular formula is C22H27F3N2. The maximum atomic E-state index is 13.4. The van der Waals surface area contributed by atoms with E-state index in [1.54, 1.807) is 24.3 Å². The highest BCUT2D eigenvalue weighted by Crippen LogP contribution is 2.28. The fraction of sp³-hybridized carbons (Fsp3) is 0.409. The number of benzene rings is 2. The first kappa shape index (κ1) is 21.0. The summed E-state index contributed by atoms with van der Waals surface area (Å²) in [4.78, 5) is 3.80. The van der Waals surface area contributed by atoms with Crippen LogP contribution >= 0.6 is 0 Å². The normalized spacial score (nSPS) is 13.6. The molecule has 2 aromatic rings. The van der Waals surface area contributed by atoms with Crippen LogP contribution in [0.5, 0.6) is 0 Å². The zero-order chi connectivity index (χ0) is 20.5. The molecule has 0 unspecified atom stereocenters. The minimum Gasteiger partial charge on any atom is -0.336 e. The van der Waals surface area contributed by atoms with Crippen molar-refractivity contribution in [3.8, 4) is 0 Å². The van der Waals surface area contributed by atoms with Crippen LogP contribution < -0.4 is 5.32 Å². The van der Waals surface area contributed by atoms with E-state index in [1.165, 1.54) is 0 Å². The van der Waals surface area contributed by atoms with Crippen LogP contribution in [0.4, 0.5) is 24.5 Å². The number of nitrogens with one attached hydrogen (secondary N) is 1. The van der Waals surface area contributed by atoms with Gasteiger partial charge < -0.3 is 5.32 Å². The van der Waals surface area contributed by atoms with Crippen LogP contribution in [0.1, 0.15) is 52.7 Å². The number of alkyl halides is 3. The number of amidine groups is 1. The monoisotopic (exact) mass is 376 g/mol. The molecule has 0 saturated carbocycles. The van der Waals surface area contributed by atoms with Crippen molar-refractivity contribution in [1.29, 1.82) is 0 Å². The molecule has 0 spiro atoms. The SMILES string of the molecule is CC(C)(C)c1ccc(N=C(Nc2ccc(C(C)(C)C)cc2)C(F)(F)F)cc1. The third kappa shape index (κ3) is 5.84. The third-order valence-electron chi connectivity index (χ3n) is 4.26. The van der Waals surface area contributed by atoms with Crippen LogP contribution in [0.3, 0.4) is 0 Å². The average Bonchev–Trinajstić information content (AvgIpc) is 2.52. The molecule has 2 nitrogen and oxygen atoms in total. The maximum absolute atomic E-state index is 13.4. The lowest BCUT2D eigenvalue weighted by molar-refractivity contribution is -0.0586. The minimum atomic E-state index is -4.58. The molecule has 0 fully saturated rings. The van der Waals surface area contributed by atoms with Gasteiger partial charge in [-0.3, -0.25) is 0 Å². The summed E-state index contributed by atoms with van der Waals surface area (Å²) in [7, 11) is 0. The predicted molar refractivity (Wildman–Crippen MR) is 107 cm³/mol. The van der Waals surface area contributed by atoms with E-state index in [1.807, 2.05) is 24.3 Å². The molecule has 146 valence electrons. The summed E-state index contributed by atoms with van der Waals surface area (Å²) in [5.74, 6) is -1.03. The van der Waals surface area contributed by atoms with Gasteiger partial charge in [0.2, 0.25) is 5.84 Å². The van der Waals surface area contributed by atoms with E-state index < -0.39 is 12.0 Å². The van der Waals surface area contributed by atoms with Gasteiger partial charge >= 0.3 is 6.18 Å². The summed E-state index contributed by atoms with van der Waals surface area (Å²) >= 11 is 0. The Morgan fingerprint density at radius 1 is 0.704 bits per heavy atom. The Morgan fingerprint density at radius 2 is 1.11 bits per heavy atom. The Kier molecular flexibility index (Phi) is 5.74. The first-order valence-electron chi connectivity index (χ1n) is 8.91. The number of hydrogen-bond acceptors (Lipinski definition) is 1. The Balaban J connectivity index is 2.29. The largest absolute Gasteiger partial charge is 0.449 e. The Bertz CT molecular complexity index is 788. The predicted octanol–water partition coefficient (Wildman–Crippen LogP) is 6.99. The van der Waals surface area contributed by atoms with Crippen molar-refractivity contribution >= 4 is 17.2 Å². The van der Waals surface area contributed by atoms with Gasteiger partial charge in [0.05, 0.1) is 5.69 Å². The van der Waals surface area contributed by atoms with E-state index in [9.17, 15) is 13.2 Å². The van der Waals surface area contributed by atoms with Crippen molar-refractivity contribution in [3.05, 3.63) is 59.7 Å². The topological polar surface area (TPSA) is 24.4 Å². The summed E-state index contributed by atoms with van der Waals surface area (Å²) in [6.45, 7) is 12.3. The first-order valence-corrected chi connectivity index (χ1v) is 8.91. The number of nitrogens with zero attached hydrogens (tertiary/aromatic N) is 1. The molecule has 2 rings (SSSR count). The molecule has 0 bridgehead atoms. The van der Waals surface area contributed by atoms with Crippen LogP contribution in [-0.2, 0) is 10.8 Å². The smallest absolute Gasteiger partial charge is 0.336 e. The molecule has 1 N–H and O–H groups in total. The van der Waals surface area contributed by atoms with E-state index >= 15 is 0 Å². The highest BCUT2D eigenvalue weighted by molar-refractivity contribution is 6.01. The zero-order valence-corrected chi connectivity index (χ0v) is 16.7. The lowest BCUT2D eigenvalue weighted by Gasteiger charge is -2.20. The molecular weight excluding hydrogens is 349 g/mol. The quantitative estimate of drug-likeness (QED) is 0.443. The molecule has 0 atom stereocenters. The highest BCUT2D eigenvalue weighted by Gasteiger charge is 2.36. The first-order chi connectivity index (χ1) is 12.3. The Labute approximate surface area is 159 Å². The van der Waals surface area contributed by atoms with Crippen LogP contribution in [0, 0.1) is 0 Å². The van der Waals surface area contributed by atoms with Crippen LogP contribution in [0.25, 0.3) is 0 Å². The van der Waals surface area contributed by atoms with Crippen molar-refractivity contribution in [2.24, 2.45) is 4.99 Å². The maximum Gasteiger partial charge on any atom is 0.449 e. The van der Waals surface area contributed by atoms with E-state index in [0.29, 0.717) is 5.69 Å². The van der Waals surface area contributed by atoms with Crippen molar-refractivity contribution in [3.63, 3.8) is 0 Å². The average molecular weight is 376 g/mol. The summed E-state index contributed by atoms with van der Waals surface area (Å²) < 4.78 is 40.3. The van der Waals surface area contributed by atoms with Crippen molar-refractivity contribution < 1.29 is 13.2 Å². The van der Waals surface area contributed by atoms with Gasteiger partial charge in [0.1, 0.15) is 0 Å². The lowest BCUT2D eigenvalue weighted by atomic mass is 9.87. The summed E-state index contributed by atoms with van der Waals surface area (Å²) in [6, 6.07) is 13.8. The van der Waals surface area contributed by atoms with Gasteiger partial charge in [0.15, 0.2) is 0 Å². The number of hydrogen-bond donors (Lipinski definition) is 1.